The zero-order valence-electron chi connectivity index (χ0n) is 15.6. The van der Waals surface area contributed by atoms with Gasteiger partial charge in [-0.15, -0.1) is 0 Å². The number of aromatic nitrogens is 1. The Morgan fingerprint density at radius 1 is 1.11 bits per heavy atom. The fourth-order valence-electron chi connectivity index (χ4n) is 2.95. The number of benzene rings is 2. The number of H-pyrrole nitrogens is 1. The number of carbonyl (C=O) groups is 2. The van der Waals surface area contributed by atoms with Crippen molar-refractivity contribution in [2.45, 2.75) is 39.2 Å². The van der Waals surface area contributed by atoms with Gasteiger partial charge in [-0.05, 0) is 50.5 Å². The van der Waals surface area contributed by atoms with E-state index in [1.165, 1.54) is 10.9 Å². The predicted octanol–water partition coefficient (Wildman–Crippen LogP) is 4.37. The molecule has 1 aromatic heterocycles. The summed E-state index contributed by atoms with van der Waals surface area (Å²) >= 11 is 0. The molecule has 1 atom stereocenters. The predicted molar refractivity (Wildman–Crippen MR) is 107 cm³/mol. The van der Waals surface area contributed by atoms with Gasteiger partial charge < -0.3 is 15.0 Å². The van der Waals surface area contributed by atoms with Crippen LogP contribution in [0.25, 0.3) is 10.9 Å². The maximum atomic E-state index is 12.1. The topological polar surface area (TPSA) is 71.2 Å². The number of carbonyl (C=O) groups excluding carboxylic acids is 2. The SMILES string of the molecule is Cc1ccc(NC(=O)[C@@H](C)OC(=O)CCCc2c[nH]c3ccccc23)cc1. The lowest BCUT2D eigenvalue weighted by atomic mass is 10.1. The van der Waals surface area contributed by atoms with Crippen LogP contribution in [0.4, 0.5) is 5.69 Å². The highest BCUT2D eigenvalue weighted by molar-refractivity contribution is 5.95. The first-order valence-corrected chi connectivity index (χ1v) is 9.15. The van der Waals surface area contributed by atoms with Crippen LogP contribution >= 0.6 is 0 Å². The van der Waals surface area contributed by atoms with Crippen molar-refractivity contribution in [3.63, 3.8) is 0 Å². The summed E-state index contributed by atoms with van der Waals surface area (Å²) in [5.41, 5.74) is 4.08. The smallest absolute Gasteiger partial charge is 0.306 e. The molecule has 5 heteroatoms. The fraction of sp³-hybridized carbons (Fsp3) is 0.273. The lowest BCUT2D eigenvalue weighted by molar-refractivity contribution is -0.153. The van der Waals surface area contributed by atoms with Crippen molar-refractivity contribution >= 4 is 28.5 Å². The van der Waals surface area contributed by atoms with Crippen molar-refractivity contribution in [2.24, 2.45) is 0 Å². The van der Waals surface area contributed by atoms with Crippen molar-refractivity contribution < 1.29 is 14.3 Å². The van der Waals surface area contributed by atoms with Crippen molar-refractivity contribution in [1.82, 2.24) is 4.98 Å². The number of hydrogen-bond acceptors (Lipinski definition) is 3. The van der Waals surface area contributed by atoms with Gasteiger partial charge in [-0.1, -0.05) is 35.9 Å². The molecule has 140 valence electrons. The number of ether oxygens (including phenoxy) is 1. The number of fused-ring (bicyclic) bond motifs is 1. The minimum absolute atomic E-state index is 0.279. The number of esters is 1. The van der Waals surface area contributed by atoms with Crippen LogP contribution in [0.3, 0.4) is 0 Å². The van der Waals surface area contributed by atoms with Crippen molar-refractivity contribution in [1.29, 1.82) is 0 Å². The molecule has 0 aliphatic carbocycles. The number of aryl methyl sites for hydroxylation is 2. The quantitative estimate of drug-likeness (QED) is 0.612. The first-order valence-electron chi connectivity index (χ1n) is 9.15. The average Bonchev–Trinajstić information content (AvgIpc) is 3.07. The molecule has 0 spiro atoms. The highest BCUT2D eigenvalue weighted by atomic mass is 16.5. The summed E-state index contributed by atoms with van der Waals surface area (Å²) in [7, 11) is 0. The molecule has 0 saturated heterocycles. The second-order valence-corrected chi connectivity index (χ2v) is 6.70. The number of amides is 1. The molecular weight excluding hydrogens is 340 g/mol. The van der Waals surface area contributed by atoms with E-state index < -0.39 is 6.10 Å². The molecular formula is C22H24N2O3. The van der Waals surface area contributed by atoms with Crippen LogP contribution in [0, 0.1) is 6.92 Å². The van der Waals surface area contributed by atoms with Gasteiger partial charge in [-0.3, -0.25) is 9.59 Å². The van der Waals surface area contributed by atoms with Crippen molar-refractivity contribution in [3.05, 3.63) is 65.9 Å². The molecule has 0 aliphatic heterocycles. The normalized spacial score (nSPS) is 11.9. The lowest BCUT2D eigenvalue weighted by Crippen LogP contribution is -2.29. The van der Waals surface area contributed by atoms with Gasteiger partial charge in [-0.2, -0.15) is 0 Å². The Morgan fingerprint density at radius 3 is 2.63 bits per heavy atom. The summed E-state index contributed by atoms with van der Waals surface area (Å²) in [4.78, 5) is 27.4. The molecule has 0 unspecified atom stereocenters. The molecule has 0 fully saturated rings. The summed E-state index contributed by atoms with van der Waals surface area (Å²) in [6.07, 6.45) is 2.89. The van der Waals surface area contributed by atoms with E-state index in [-0.39, 0.29) is 18.3 Å². The van der Waals surface area contributed by atoms with Crippen LogP contribution in [-0.2, 0) is 20.7 Å². The third kappa shape index (κ3) is 4.97. The number of aromatic amines is 1. The van der Waals surface area contributed by atoms with Gasteiger partial charge in [0.1, 0.15) is 0 Å². The second kappa shape index (κ2) is 8.54. The van der Waals surface area contributed by atoms with Crippen LogP contribution < -0.4 is 5.32 Å². The van der Waals surface area contributed by atoms with E-state index in [2.05, 4.69) is 16.4 Å². The largest absolute Gasteiger partial charge is 0.453 e. The van der Waals surface area contributed by atoms with E-state index >= 15 is 0 Å². The highest BCUT2D eigenvalue weighted by Gasteiger charge is 2.17. The number of nitrogens with one attached hydrogen (secondary N) is 2. The van der Waals surface area contributed by atoms with Gasteiger partial charge in [0, 0.05) is 29.2 Å². The Labute approximate surface area is 158 Å². The van der Waals surface area contributed by atoms with E-state index in [0.717, 1.165) is 17.5 Å². The molecule has 0 aliphatic rings. The molecule has 0 radical (unpaired) electrons. The minimum Gasteiger partial charge on any atom is -0.453 e. The zero-order chi connectivity index (χ0) is 19.2. The van der Waals surface area contributed by atoms with Crippen LogP contribution in [0.2, 0.25) is 0 Å². The summed E-state index contributed by atoms with van der Waals surface area (Å²) in [5, 5.41) is 3.93. The van der Waals surface area contributed by atoms with Gasteiger partial charge in [0.05, 0.1) is 0 Å². The van der Waals surface area contributed by atoms with Crippen molar-refractivity contribution in [2.75, 3.05) is 5.32 Å². The Hall–Kier alpha value is -3.08. The maximum Gasteiger partial charge on any atom is 0.306 e. The minimum atomic E-state index is -0.827. The lowest BCUT2D eigenvalue weighted by Gasteiger charge is -2.13. The molecule has 5 nitrogen and oxygen atoms in total. The molecule has 27 heavy (non-hydrogen) atoms. The van der Waals surface area contributed by atoms with Gasteiger partial charge in [-0.25, -0.2) is 0 Å². The third-order valence-electron chi connectivity index (χ3n) is 4.50. The van der Waals surface area contributed by atoms with Crippen molar-refractivity contribution in [3.8, 4) is 0 Å². The Morgan fingerprint density at radius 2 is 1.85 bits per heavy atom. The van der Waals surface area contributed by atoms with E-state index in [1.54, 1.807) is 6.92 Å². The Bertz CT molecular complexity index is 928. The first kappa shape index (κ1) is 18.7. The second-order valence-electron chi connectivity index (χ2n) is 6.70. The molecule has 1 heterocycles. The van der Waals surface area contributed by atoms with Crippen LogP contribution in [0.5, 0.6) is 0 Å². The molecule has 0 saturated carbocycles. The van der Waals surface area contributed by atoms with E-state index in [9.17, 15) is 9.59 Å². The standard InChI is InChI=1S/C22H24N2O3/c1-15-10-12-18(13-11-15)24-22(26)16(2)27-21(25)9-5-6-17-14-23-20-8-4-3-7-19(17)20/h3-4,7-8,10-14,16,23H,5-6,9H2,1-2H3,(H,24,26)/t16-/m1/s1. The third-order valence-corrected chi connectivity index (χ3v) is 4.50. The Kier molecular flexibility index (Phi) is 5.91. The van der Waals surface area contributed by atoms with Crippen LogP contribution in [0.1, 0.15) is 30.9 Å². The van der Waals surface area contributed by atoms with Gasteiger partial charge in [0.2, 0.25) is 0 Å². The van der Waals surface area contributed by atoms with E-state index in [0.29, 0.717) is 12.1 Å². The summed E-state index contributed by atoms with van der Waals surface area (Å²) in [6, 6.07) is 15.6. The maximum absolute atomic E-state index is 12.1. The van der Waals surface area contributed by atoms with Crippen LogP contribution in [0.15, 0.2) is 54.7 Å². The van der Waals surface area contributed by atoms with Gasteiger partial charge in [0.25, 0.3) is 5.91 Å². The first-order chi connectivity index (χ1) is 13.0. The number of para-hydroxylation sites is 1. The van der Waals surface area contributed by atoms with E-state index in [1.807, 2.05) is 55.6 Å². The molecule has 3 rings (SSSR count). The fourth-order valence-corrected chi connectivity index (χ4v) is 2.95. The molecule has 3 aromatic rings. The molecule has 0 bridgehead atoms. The van der Waals surface area contributed by atoms with Gasteiger partial charge >= 0.3 is 5.97 Å². The summed E-state index contributed by atoms with van der Waals surface area (Å²) in [5.74, 6) is -0.690. The molecule has 2 N–H and O–H groups in total. The Balaban J connectivity index is 1.44. The van der Waals surface area contributed by atoms with E-state index in [4.69, 9.17) is 4.74 Å². The highest BCUT2D eigenvalue weighted by Crippen LogP contribution is 2.19. The molecule has 2 aromatic carbocycles. The van der Waals surface area contributed by atoms with Gasteiger partial charge in [0.15, 0.2) is 6.10 Å². The molecule has 1 amide bonds. The summed E-state index contributed by atoms with van der Waals surface area (Å²) < 4.78 is 5.26. The van der Waals surface area contributed by atoms with Crippen LogP contribution in [-0.4, -0.2) is 23.0 Å². The zero-order valence-corrected chi connectivity index (χ0v) is 15.6. The summed E-state index contributed by atoms with van der Waals surface area (Å²) in [6.45, 7) is 3.56. The number of rotatable bonds is 7. The number of hydrogen-bond donors (Lipinski definition) is 2. The number of anilines is 1. The monoisotopic (exact) mass is 364 g/mol. The average molecular weight is 364 g/mol.